The summed E-state index contributed by atoms with van der Waals surface area (Å²) in [5.74, 6) is -0.00376. The van der Waals surface area contributed by atoms with Crippen molar-refractivity contribution in [3.63, 3.8) is 0 Å². The molecule has 0 saturated heterocycles. The van der Waals surface area contributed by atoms with Crippen molar-refractivity contribution in [1.29, 1.82) is 0 Å². The van der Waals surface area contributed by atoms with Crippen molar-refractivity contribution in [3.05, 3.63) is 59.0 Å². The molecule has 4 nitrogen and oxygen atoms in total. The van der Waals surface area contributed by atoms with Gasteiger partial charge in [-0.1, -0.05) is 11.6 Å². The predicted octanol–water partition coefficient (Wildman–Crippen LogP) is 4.38. The Kier molecular flexibility index (Phi) is 4.27. The second-order valence-electron chi connectivity index (χ2n) is 5.23. The first-order chi connectivity index (χ1) is 11.4. The van der Waals surface area contributed by atoms with E-state index in [1.165, 1.54) is 16.1 Å². The number of benzene rings is 2. The Morgan fingerprint density at radius 2 is 1.83 bits per heavy atom. The largest absolute Gasteiger partial charge is 0.491 e. The van der Waals surface area contributed by atoms with Crippen LogP contribution in [-0.4, -0.2) is 19.0 Å². The molecule has 0 amide bonds. The molecule has 126 valence electrons. The summed E-state index contributed by atoms with van der Waals surface area (Å²) in [6, 6.07) is 9.69. The zero-order valence-electron chi connectivity index (χ0n) is 13.1. The average Bonchev–Trinajstić information content (AvgIpc) is 2.80. The number of fused-ring (bicyclic) bond motifs is 1. The van der Waals surface area contributed by atoms with Crippen LogP contribution in [-0.2, 0) is 10.0 Å². The predicted molar refractivity (Wildman–Crippen MR) is 91.8 cm³/mol. The summed E-state index contributed by atoms with van der Waals surface area (Å²) in [6.07, 6.45) is 0. The molecule has 0 aliphatic rings. The zero-order chi connectivity index (χ0) is 17.5. The lowest BCUT2D eigenvalue weighted by atomic mass is 10.2. The molecule has 0 aliphatic heterocycles. The maximum Gasteiger partial charge on any atom is 0.268 e. The second-order valence-corrected chi connectivity index (χ2v) is 7.46. The van der Waals surface area contributed by atoms with Crippen molar-refractivity contribution in [3.8, 4) is 5.75 Å². The van der Waals surface area contributed by atoms with Gasteiger partial charge in [-0.2, -0.15) is 0 Å². The van der Waals surface area contributed by atoms with E-state index in [0.29, 0.717) is 34.0 Å². The van der Waals surface area contributed by atoms with E-state index in [2.05, 4.69) is 0 Å². The maximum atomic E-state index is 13.1. The van der Waals surface area contributed by atoms with Gasteiger partial charge in [-0.3, -0.25) is 0 Å². The molecule has 0 aliphatic carbocycles. The van der Waals surface area contributed by atoms with Crippen LogP contribution in [0.3, 0.4) is 0 Å². The number of hydrogen-bond donors (Lipinski definition) is 0. The minimum absolute atomic E-state index is 0.00748. The van der Waals surface area contributed by atoms with Crippen LogP contribution in [0.15, 0.2) is 47.4 Å². The standard InChI is InChI=1S/C17H15ClFNO3S/c1-3-23-17-11(2)20(16-10-12(18)4-9-15(16)17)24(21,22)14-7-5-13(19)6-8-14/h4-10H,3H2,1-2H3. The van der Waals surface area contributed by atoms with E-state index in [4.69, 9.17) is 16.3 Å². The Morgan fingerprint density at radius 3 is 2.46 bits per heavy atom. The summed E-state index contributed by atoms with van der Waals surface area (Å²) in [4.78, 5) is -0.00748. The van der Waals surface area contributed by atoms with Gasteiger partial charge in [0.15, 0.2) is 0 Å². The van der Waals surface area contributed by atoms with Gasteiger partial charge in [-0.25, -0.2) is 16.8 Å². The van der Waals surface area contributed by atoms with E-state index >= 15 is 0 Å². The maximum absolute atomic E-state index is 13.1. The first-order valence-electron chi connectivity index (χ1n) is 7.30. The molecule has 1 aromatic heterocycles. The molecule has 0 spiro atoms. The third kappa shape index (κ3) is 2.65. The third-order valence-electron chi connectivity index (χ3n) is 3.70. The van der Waals surface area contributed by atoms with Gasteiger partial charge in [0.1, 0.15) is 11.6 Å². The average molecular weight is 368 g/mol. The summed E-state index contributed by atoms with van der Waals surface area (Å²) >= 11 is 6.05. The smallest absolute Gasteiger partial charge is 0.268 e. The van der Waals surface area contributed by atoms with Crippen LogP contribution < -0.4 is 4.74 Å². The number of rotatable bonds is 4. The van der Waals surface area contributed by atoms with Crippen molar-refractivity contribution in [2.45, 2.75) is 18.7 Å². The van der Waals surface area contributed by atoms with Gasteiger partial charge >= 0.3 is 0 Å². The molecule has 1 heterocycles. The molecule has 0 bridgehead atoms. The molecular formula is C17H15ClFNO3S. The minimum atomic E-state index is -3.92. The van der Waals surface area contributed by atoms with Gasteiger partial charge in [0.2, 0.25) is 0 Å². The van der Waals surface area contributed by atoms with Gasteiger partial charge in [0, 0.05) is 10.4 Å². The fourth-order valence-corrected chi connectivity index (χ4v) is 4.39. The first-order valence-corrected chi connectivity index (χ1v) is 9.12. The lowest BCUT2D eigenvalue weighted by molar-refractivity contribution is 0.341. The van der Waals surface area contributed by atoms with Gasteiger partial charge in [0.25, 0.3) is 10.0 Å². The Labute approximate surface area is 144 Å². The fraction of sp³-hybridized carbons (Fsp3) is 0.176. The van der Waals surface area contributed by atoms with E-state index in [1.54, 1.807) is 25.1 Å². The number of aromatic nitrogens is 1. The van der Waals surface area contributed by atoms with Crippen LogP contribution in [0.1, 0.15) is 12.6 Å². The molecule has 24 heavy (non-hydrogen) atoms. The Hall–Kier alpha value is -2.05. The van der Waals surface area contributed by atoms with Crippen molar-refractivity contribution in [2.24, 2.45) is 0 Å². The molecular weight excluding hydrogens is 353 g/mol. The van der Waals surface area contributed by atoms with Gasteiger partial charge in [-0.15, -0.1) is 0 Å². The number of halogens is 2. The third-order valence-corrected chi connectivity index (χ3v) is 5.75. The highest BCUT2D eigenvalue weighted by atomic mass is 35.5. The van der Waals surface area contributed by atoms with Crippen LogP contribution >= 0.6 is 11.6 Å². The SMILES string of the molecule is CCOc1c(C)n(S(=O)(=O)c2ccc(F)cc2)c2cc(Cl)ccc12. The van der Waals surface area contributed by atoms with Crippen LogP contribution in [0.25, 0.3) is 10.9 Å². The van der Waals surface area contributed by atoms with E-state index < -0.39 is 15.8 Å². The number of ether oxygens (including phenoxy) is 1. The summed E-state index contributed by atoms with van der Waals surface area (Å²) in [6.45, 7) is 3.89. The molecule has 3 aromatic rings. The molecule has 0 fully saturated rings. The van der Waals surface area contributed by atoms with E-state index in [9.17, 15) is 12.8 Å². The van der Waals surface area contributed by atoms with E-state index in [1.807, 2.05) is 6.92 Å². The Bertz CT molecular complexity index is 1010. The number of nitrogens with zero attached hydrogens (tertiary/aromatic N) is 1. The highest BCUT2D eigenvalue weighted by molar-refractivity contribution is 7.90. The fourth-order valence-electron chi connectivity index (χ4n) is 2.68. The molecule has 0 unspecified atom stereocenters. The van der Waals surface area contributed by atoms with Gasteiger partial charge in [-0.05, 0) is 56.3 Å². The molecule has 0 N–H and O–H groups in total. The molecule has 0 atom stereocenters. The highest BCUT2D eigenvalue weighted by Crippen LogP contribution is 2.36. The lowest BCUT2D eigenvalue weighted by Crippen LogP contribution is -2.14. The first kappa shape index (κ1) is 16.8. The van der Waals surface area contributed by atoms with Crippen LogP contribution in [0.5, 0.6) is 5.75 Å². The number of hydrogen-bond acceptors (Lipinski definition) is 3. The van der Waals surface area contributed by atoms with E-state index in [0.717, 1.165) is 12.1 Å². The van der Waals surface area contributed by atoms with Crippen molar-refractivity contribution in [1.82, 2.24) is 3.97 Å². The van der Waals surface area contributed by atoms with Gasteiger partial charge in [0.05, 0.1) is 22.7 Å². The summed E-state index contributed by atoms with van der Waals surface area (Å²) < 4.78 is 46.0. The zero-order valence-corrected chi connectivity index (χ0v) is 14.7. The van der Waals surface area contributed by atoms with Crippen molar-refractivity contribution >= 4 is 32.5 Å². The Morgan fingerprint density at radius 1 is 1.17 bits per heavy atom. The molecule has 0 radical (unpaired) electrons. The normalized spacial score (nSPS) is 11.8. The summed E-state index contributed by atoms with van der Waals surface area (Å²) in [5.41, 5.74) is 0.867. The topological polar surface area (TPSA) is 48.3 Å². The van der Waals surface area contributed by atoms with Crippen LogP contribution in [0, 0.1) is 12.7 Å². The van der Waals surface area contributed by atoms with Crippen LogP contribution in [0.2, 0.25) is 5.02 Å². The molecule has 0 saturated carbocycles. The monoisotopic (exact) mass is 367 g/mol. The summed E-state index contributed by atoms with van der Waals surface area (Å²) in [7, 11) is -3.92. The minimum Gasteiger partial charge on any atom is -0.491 e. The van der Waals surface area contributed by atoms with E-state index in [-0.39, 0.29) is 4.90 Å². The molecule has 3 rings (SSSR count). The van der Waals surface area contributed by atoms with Gasteiger partial charge < -0.3 is 4.74 Å². The van der Waals surface area contributed by atoms with Crippen LogP contribution in [0.4, 0.5) is 4.39 Å². The molecule has 2 aromatic carbocycles. The Balaban J connectivity index is 2.34. The second kappa shape index (κ2) is 6.11. The van der Waals surface area contributed by atoms with Crippen molar-refractivity contribution in [2.75, 3.05) is 6.61 Å². The quantitative estimate of drug-likeness (QED) is 0.687. The highest BCUT2D eigenvalue weighted by Gasteiger charge is 2.26. The molecule has 7 heteroatoms. The van der Waals surface area contributed by atoms with Crippen molar-refractivity contribution < 1.29 is 17.5 Å². The lowest BCUT2D eigenvalue weighted by Gasteiger charge is -2.10. The summed E-state index contributed by atoms with van der Waals surface area (Å²) in [5, 5.41) is 1.07.